The van der Waals surface area contributed by atoms with Gasteiger partial charge in [0.1, 0.15) is 11.9 Å². The van der Waals surface area contributed by atoms with Gasteiger partial charge in [-0.05, 0) is 35.4 Å². The predicted molar refractivity (Wildman–Crippen MR) is 79.1 cm³/mol. The van der Waals surface area contributed by atoms with Crippen LogP contribution in [0.1, 0.15) is 5.56 Å². The first-order chi connectivity index (χ1) is 9.17. The van der Waals surface area contributed by atoms with Crippen molar-refractivity contribution in [2.45, 2.75) is 12.5 Å². The number of benzene rings is 2. The monoisotopic (exact) mass is 293 g/mol. The Balaban J connectivity index is 2.13. The first kappa shape index (κ1) is 12.8. The van der Waals surface area contributed by atoms with Gasteiger partial charge in [-0.2, -0.15) is 0 Å². The second kappa shape index (κ2) is 5.04. The molecule has 19 heavy (non-hydrogen) atoms. The highest BCUT2D eigenvalue weighted by molar-refractivity contribution is 6.31. The van der Waals surface area contributed by atoms with Crippen LogP contribution in [0.5, 0.6) is 5.75 Å². The zero-order chi connectivity index (χ0) is 13.4. The van der Waals surface area contributed by atoms with Crippen LogP contribution in [0.3, 0.4) is 0 Å². The molecule has 2 aromatic carbocycles. The lowest BCUT2D eigenvalue weighted by Gasteiger charge is -2.11. The Morgan fingerprint density at radius 1 is 1.16 bits per heavy atom. The van der Waals surface area contributed by atoms with Crippen molar-refractivity contribution in [3.63, 3.8) is 0 Å². The number of fused-ring (bicyclic) bond motifs is 1. The van der Waals surface area contributed by atoms with Gasteiger partial charge in [-0.25, -0.2) is 0 Å². The van der Waals surface area contributed by atoms with Crippen LogP contribution in [0.15, 0.2) is 36.4 Å². The minimum Gasteiger partial charge on any atom is -0.488 e. The third-order valence-corrected chi connectivity index (χ3v) is 3.71. The van der Waals surface area contributed by atoms with Crippen LogP contribution in [-0.4, -0.2) is 12.6 Å². The third kappa shape index (κ3) is 2.44. The third-order valence-electron chi connectivity index (χ3n) is 3.26. The molecule has 98 valence electrons. The van der Waals surface area contributed by atoms with E-state index in [1.165, 1.54) is 0 Å². The standard InChI is InChI=1S/C15H13Cl2NO/c16-11-3-1-2-9(4-11)14-7-12(17)5-10-6-13(8-18)19-15(10)14/h1-5,7,13H,6,8,18H2. The van der Waals surface area contributed by atoms with Gasteiger partial charge in [-0.1, -0.05) is 35.3 Å². The van der Waals surface area contributed by atoms with Crippen LogP contribution in [0, 0.1) is 0 Å². The second-order valence-corrected chi connectivity index (χ2v) is 5.50. The molecule has 1 unspecified atom stereocenters. The highest BCUT2D eigenvalue weighted by Crippen LogP contribution is 2.41. The molecular formula is C15H13Cl2NO. The van der Waals surface area contributed by atoms with Crippen LogP contribution in [0.25, 0.3) is 11.1 Å². The average molecular weight is 294 g/mol. The van der Waals surface area contributed by atoms with Crippen molar-refractivity contribution >= 4 is 23.2 Å². The van der Waals surface area contributed by atoms with Crippen LogP contribution in [0.4, 0.5) is 0 Å². The van der Waals surface area contributed by atoms with Crippen molar-refractivity contribution in [2.75, 3.05) is 6.54 Å². The van der Waals surface area contributed by atoms with Crippen molar-refractivity contribution in [3.8, 4) is 16.9 Å². The zero-order valence-electron chi connectivity index (χ0n) is 10.2. The molecule has 0 bridgehead atoms. The molecule has 1 aliphatic rings. The summed E-state index contributed by atoms with van der Waals surface area (Å²) >= 11 is 12.2. The summed E-state index contributed by atoms with van der Waals surface area (Å²) in [5.74, 6) is 0.877. The first-order valence-electron chi connectivity index (χ1n) is 6.12. The molecule has 0 spiro atoms. The summed E-state index contributed by atoms with van der Waals surface area (Å²) in [6.07, 6.45) is 0.839. The van der Waals surface area contributed by atoms with E-state index in [1.54, 1.807) is 0 Å². The van der Waals surface area contributed by atoms with Gasteiger partial charge in [-0.3, -0.25) is 0 Å². The largest absolute Gasteiger partial charge is 0.488 e. The number of rotatable bonds is 2. The minimum atomic E-state index is 0.0337. The Bertz CT molecular complexity index is 628. The topological polar surface area (TPSA) is 35.2 Å². The van der Waals surface area contributed by atoms with E-state index in [0.29, 0.717) is 16.6 Å². The Labute approximate surface area is 122 Å². The van der Waals surface area contributed by atoms with Crippen molar-refractivity contribution < 1.29 is 4.74 Å². The minimum absolute atomic E-state index is 0.0337. The first-order valence-corrected chi connectivity index (χ1v) is 6.88. The lowest BCUT2D eigenvalue weighted by molar-refractivity contribution is 0.242. The van der Waals surface area contributed by atoms with E-state index in [2.05, 4.69) is 0 Å². The Morgan fingerprint density at radius 2 is 2.00 bits per heavy atom. The van der Waals surface area contributed by atoms with Gasteiger partial charge >= 0.3 is 0 Å². The van der Waals surface area contributed by atoms with Crippen molar-refractivity contribution in [1.29, 1.82) is 0 Å². The molecule has 0 radical (unpaired) electrons. The molecule has 0 aromatic heterocycles. The SMILES string of the molecule is NCC1Cc2cc(Cl)cc(-c3cccc(Cl)c3)c2O1. The fourth-order valence-electron chi connectivity index (χ4n) is 2.40. The molecule has 3 rings (SSSR count). The Kier molecular flexibility index (Phi) is 3.40. The molecular weight excluding hydrogens is 281 g/mol. The van der Waals surface area contributed by atoms with Gasteiger partial charge in [0.05, 0.1) is 0 Å². The van der Waals surface area contributed by atoms with E-state index in [9.17, 15) is 0 Å². The second-order valence-electron chi connectivity index (χ2n) is 4.63. The molecule has 2 N–H and O–H groups in total. The van der Waals surface area contributed by atoms with Crippen LogP contribution < -0.4 is 10.5 Å². The molecule has 0 fully saturated rings. The lowest BCUT2D eigenvalue weighted by Crippen LogP contribution is -2.24. The maximum atomic E-state index is 6.19. The fourth-order valence-corrected chi connectivity index (χ4v) is 2.83. The average Bonchev–Trinajstić information content (AvgIpc) is 2.80. The maximum absolute atomic E-state index is 6.19. The fraction of sp³-hybridized carbons (Fsp3) is 0.200. The van der Waals surface area contributed by atoms with E-state index < -0.39 is 0 Å². The van der Waals surface area contributed by atoms with Crippen LogP contribution in [-0.2, 0) is 6.42 Å². The molecule has 1 atom stereocenters. The highest BCUT2D eigenvalue weighted by atomic mass is 35.5. The number of hydrogen-bond acceptors (Lipinski definition) is 2. The van der Waals surface area contributed by atoms with Gasteiger partial charge in [0, 0.05) is 28.6 Å². The van der Waals surface area contributed by atoms with Crippen LogP contribution in [0.2, 0.25) is 10.0 Å². The van der Waals surface area contributed by atoms with Crippen molar-refractivity contribution in [3.05, 3.63) is 52.0 Å². The summed E-state index contributed by atoms with van der Waals surface area (Å²) < 4.78 is 5.91. The van der Waals surface area contributed by atoms with E-state index in [-0.39, 0.29) is 6.10 Å². The normalized spacial score (nSPS) is 17.1. The molecule has 0 amide bonds. The quantitative estimate of drug-likeness (QED) is 0.911. The van der Waals surface area contributed by atoms with E-state index in [0.717, 1.165) is 28.9 Å². The van der Waals surface area contributed by atoms with E-state index in [4.69, 9.17) is 33.7 Å². The summed E-state index contributed by atoms with van der Waals surface area (Å²) in [6, 6.07) is 11.5. The zero-order valence-corrected chi connectivity index (χ0v) is 11.7. The molecule has 1 aliphatic heterocycles. The summed E-state index contributed by atoms with van der Waals surface area (Å²) in [4.78, 5) is 0. The van der Waals surface area contributed by atoms with E-state index >= 15 is 0 Å². The number of nitrogens with two attached hydrogens (primary N) is 1. The van der Waals surface area contributed by atoms with Gasteiger partial charge in [0.25, 0.3) is 0 Å². The molecule has 2 aromatic rings. The number of hydrogen-bond donors (Lipinski definition) is 1. The maximum Gasteiger partial charge on any atom is 0.131 e. The summed E-state index contributed by atoms with van der Waals surface area (Å²) in [5.41, 5.74) is 8.77. The number of ether oxygens (including phenoxy) is 1. The van der Waals surface area contributed by atoms with Crippen LogP contribution >= 0.6 is 23.2 Å². The van der Waals surface area contributed by atoms with Gasteiger partial charge in [0.15, 0.2) is 0 Å². The van der Waals surface area contributed by atoms with Gasteiger partial charge in [0.2, 0.25) is 0 Å². The van der Waals surface area contributed by atoms with Gasteiger partial charge < -0.3 is 10.5 Å². The summed E-state index contributed by atoms with van der Waals surface area (Å²) in [7, 11) is 0. The molecule has 0 saturated heterocycles. The Hall–Kier alpha value is -1.22. The van der Waals surface area contributed by atoms with Crippen molar-refractivity contribution in [1.82, 2.24) is 0 Å². The molecule has 0 aliphatic carbocycles. The lowest BCUT2D eigenvalue weighted by atomic mass is 10.0. The molecule has 2 nitrogen and oxygen atoms in total. The Morgan fingerprint density at radius 3 is 2.74 bits per heavy atom. The van der Waals surface area contributed by atoms with Gasteiger partial charge in [-0.15, -0.1) is 0 Å². The van der Waals surface area contributed by atoms with E-state index in [1.807, 2.05) is 36.4 Å². The molecule has 0 saturated carbocycles. The smallest absolute Gasteiger partial charge is 0.131 e. The number of halogens is 2. The predicted octanol–water partition coefficient (Wildman–Crippen LogP) is 3.92. The molecule has 4 heteroatoms. The highest BCUT2D eigenvalue weighted by Gasteiger charge is 2.25. The van der Waals surface area contributed by atoms with Crippen molar-refractivity contribution in [2.24, 2.45) is 5.73 Å². The molecule has 1 heterocycles. The summed E-state index contributed by atoms with van der Waals surface area (Å²) in [6.45, 7) is 0.501. The summed E-state index contributed by atoms with van der Waals surface area (Å²) in [5, 5.41) is 1.40.